The SMILES string of the molecule is CCN(C(C)C)C(C)CC(=O)O. The molecule has 0 saturated heterocycles. The van der Waals surface area contributed by atoms with Crippen LogP contribution in [0.5, 0.6) is 0 Å². The molecule has 0 aliphatic rings. The fraction of sp³-hybridized carbons (Fsp3) is 0.889. The minimum Gasteiger partial charge on any atom is -0.481 e. The van der Waals surface area contributed by atoms with Crippen molar-refractivity contribution in [1.82, 2.24) is 4.90 Å². The molecule has 3 heteroatoms. The molecule has 12 heavy (non-hydrogen) atoms. The molecule has 72 valence electrons. The molecule has 0 aromatic rings. The average molecular weight is 173 g/mol. The van der Waals surface area contributed by atoms with E-state index in [4.69, 9.17) is 5.11 Å². The van der Waals surface area contributed by atoms with E-state index in [-0.39, 0.29) is 12.5 Å². The molecule has 1 atom stereocenters. The van der Waals surface area contributed by atoms with Crippen molar-refractivity contribution in [3.8, 4) is 0 Å². The van der Waals surface area contributed by atoms with Crippen molar-refractivity contribution in [2.75, 3.05) is 6.54 Å². The van der Waals surface area contributed by atoms with Gasteiger partial charge in [-0.2, -0.15) is 0 Å². The standard InChI is InChI=1S/C9H19NO2/c1-5-10(7(2)3)8(4)6-9(11)12/h7-8H,5-6H2,1-4H3,(H,11,12). The number of carboxylic acid groups (broad SMARTS) is 1. The van der Waals surface area contributed by atoms with Crippen LogP contribution in [0.2, 0.25) is 0 Å². The maximum absolute atomic E-state index is 10.4. The summed E-state index contributed by atoms with van der Waals surface area (Å²) in [6.07, 6.45) is 0.228. The summed E-state index contributed by atoms with van der Waals surface area (Å²) in [5.41, 5.74) is 0. The van der Waals surface area contributed by atoms with E-state index >= 15 is 0 Å². The van der Waals surface area contributed by atoms with Crippen LogP contribution in [0.25, 0.3) is 0 Å². The number of hydrogen-bond donors (Lipinski definition) is 1. The summed E-state index contributed by atoms with van der Waals surface area (Å²) in [6.45, 7) is 9.09. The van der Waals surface area contributed by atoms with Gasteiger partial charge in [0.15, 0.2) is 0 Å². The van der Waals surface area contributed by atoms with Crippen molar-refractivity contribution in [1.29, 1.82) is 0 Å². The Kier molecular flexibility index (Phi) is 4.90. The molecular formula is C9H19NO2. The van der Waals surface area contributed by atoms with Crippen molar-refractivity contribution < 1.29 is 9.90 Å². The summed E-state index contributed by atoms with van der Waals surface area (Å²) in [5.74, 6) is -0.721. The van der Waals surface area contributed by atoms with Gasteiger partial charge in [-0.25, -0.2) is 0 Å². The van der Waals surface area contributed by atoms with Gasteiger partial charge in [0, 0.05) is 12.1 Å². The van der Waals surface area contributed by atoms with Crippen LogP contribution in [-0.2, 0) is 4.79 Å². The van der Waals surface area contributed by atoms with Gasteiger partial charge in [-0.05, 0) is 27.3 Å². The van der Waals surface area contributed by atoms with Gasteiger partial charge in [-0.1, -0.05) is 6.92 Å². The molecule has 0 amide bonds. The van der Waals surface area contributed by atoms with E-state index in [0.29, 0.717) is 6.04 Å². The minimum atomic E-state index is -0.721. The van der Waals surface area contributed by atoms with Gasteiger partial charge in [0.25, 0.3) is 0 Å². The zero-order chi connectivity index (χ0) is 9.72. The maximum atomic E-state index is 10.4. The van der Waals surface area contributed by atoms with Crippen LogP contribution in [0.1, 0.15) is 34.1 Å². The normalized spacial score (nSPS) is 13.8. The molecule has 0 spiro atoms. The quantitative estimate of drug-likeness (QED) is 0.686. The summed E-state index contributed by atoms with van der Waals surface area (Å²) in [5, 5.41) is 8.58. The summed E-state index contributed by atoms with van der Waals surface area (Å²) >= 11 is 0. The van der Waals surface area contributed by atoms with Crippen molar-refractivity contribution in [2.45, 2.75) is 46.2 Å². The molecule has 0 aliphatic heterocycles. The summed E-state index contributed by atoms with van der Waals surface area (Å²) in [7, 11) is 0. The third-order valence-electron chi connectivity index (χ3n) is 2.06. The third-order valence-corrected chi connectivity index (χ3v) is 2.06. The van der Waals surface area contributed by atoms with Crippen LogP contribution in [0.3, 0.4) is 0 Å². The first kappa shape index (κ1) is 11.4. The first-order chi connectivity index (χ1) is 5.49. The highest BCUT2D eigenvalue weighted by Crippen LogP contribution is 2.07. The molecule has 0 radical (unpaired) electrons. The molecule has 1 unspecified atom stereocenters. The highest BCUT2D eigenvalue weighted by Gasteiger charge is 2.17. The highest BCUT2D eigenvalue weighted by molar-refractivity contribution is 5.67. The number of carboxylic acids is 1. The summed E-state index contributed by atoms with van der Waals surface area (Å²) < 4.78 is 0. The zero-order valence-corrected chi connectivity index (χ0v) is 8.37. The number of aliphatic carboxylic acids is 1. The third kappa shape index (κ3) is 3.72. The second-order valence-electron chi connectivity index (χ2n) is 3.37. The van der Waals surface area contributed by atoms with Crippen molar-refractivity contribution in [2.24, 2.45) is 0 Å². The lowest BCUT2D eigenvalue weighted by Crippen LogP contribution is -2.39. The Balaban J connectivity index is 4.02. The second kappa shape index (κ2) is 5.14. The lowest BCUT2D eigenvalue weighted by atomic mass is 10.1. The van der Waals surface area contributed by atoms with Crippen LogP contribution in [0, 0.1) is 0 Å². The van der Waals surface area contributed by atoms with E-state index < -0.39 is 5.97 Å². The maximum Gasteiger partial charge on any atom is 0.304 e. The number of hydrogen-bond acceptors (Lipinski definition) is 2. The van der Waals surface area contributed by atoms with Crippen molar-refractivity contribution in [3.05, 3.63) is 0 Å². The van der Waals surface area contributed by atoms with Gasteiger partial charge < -0.3 is 5.11 Å². The number of rotatable bonds is 5. The van der Waals surface area contributed by atoms with Crippen LogP contribution in [-0.4, -0.2) is 34.6 Å². The molecular weight excluding hydrogens is 154 g/mol. The molecule has 0 aliphatic carbocycles. The Labute approximate surface area is 74.4 Å². The fourth-order valence-corrected chi connectivity index (χ4v) is 1.56. The van der Waals surface area contributed by atoms with Gasteiger partial charge in [0.2, 0.25) is 0 Å². The number of carbonyl (C=O) groups is 1. The first-order valence-electron chi connectivity index (χ1n) is 4.46. The molecule has 0 saturated carbocycles. The smallest absolute Gasteiger partial charge is 0.304 e. The van der Waals surface area contributed by atoms with Crippen LogP contribution in [0.15, 0.2) is 0 Å². The zero-order valence-electron chi connectivity index (χ0n) is 8.37. The summed E-state index contributed by atoms with van der Waals surface area (Å²) in [4.78, 5) is 12.6. The first-order valence-corrected chi connectivity index (χ1v) is 4.46. The Morgan fingerprint density at radius 1 is 1.42 bits per heavy atom. The molecule has 0 aromatic carbocycles. The highest BCUT2D eigenvalue weighted by atomic mass is 16.4. The van der Waals surface area contributed by atoms with Crippen LogP contribution >= 0.6 is 0 Å². The molecule has 0 bridgehead atoms. The molecule has 1 N–H and O–H groups in total. The Morgan fingerprint density at radius 2 is 1.92 bits per heavy atom. The van der Waals surface area contributed by atoms with Gasteiger partial charge in [-0.15, -0.1) is 0 Å². The van der Waals surface area contributed by atoms with Gasteiger partial charge in [0.1, 0.15) is 0 Å². The van der Waals surface area contributed by atoms with E-state index in [2.05, 4.69) is 25.7 Å². The lowest BCUT2D eigenvalue weighted by Gasteiger charge is -2.30. The van der Waals surface area contributed by atoms with Gasteiger partial charge >= 0.3 is 5.97 Å². The van der Waals surface area contributed by atoms with Crippen LogP contribution in [0.4, 0.5) is 0 Å². The van der Waals surface area contributed by atoms with Crippen molar-refractivity contribution >= 4 is 5.97 Å². The van der Waals surface area contributed by atoms with Crippen molar-refractivity contribution in [3.63, 3.8) is 0 Å². The molecule has 0 rings (SSSR count). The summed E-state index contributed by atoms with van der Waals surface area (Å²) in [6, 6.07) is 0.553. The Bertz CT molecular complexity index is 145. The predicted octanol–water partition coefficient (Wildman–Crippen LogP) is 1.58. The second-order valence-corrected chi connectivity index (χ2v) is 3.37. The largest absolute Gasteiger partial charge is 0.481 e. The molecule has 0 heterocycles. The predicted molar refractivity (Wildman–Crippen MR) is 49.2 cm³/mol. The molecule has 0 fully saturated rings. The monoisotopic (exact) mass is 173 g/mol. The minimum absolute atomic E-state index is 0.132. The Morgan fingerprint density at radius 3 is 2.17 bits per heavy atom. The molecule has 0 aromatic heterocycles. The van der Waals surface area contributed by atoms with Crippen LogP contribution < -0.4 is 0 Å². The van der Waals surface area contributed by atoms with E-state index in [1.807, 2.05) is 6.92 Å². The fourth-order valence-electron chi connectivity index (χ4n) is 1.56. The van der Waals surface area contributed by atoms with E-state index in [1.165, 1.54) is 0 Å². The lowest BCUT2D eigenvalue weighted by molar-refractivity contribution is -0.138. The average Bonchev–Trinajstić information content (AvgIpc) is 1.85. The van der Waals surface area contributed by atoms with Gasteiger partial charge in [-0.3, -0.25) is 9.69 Å². The van der Waals surface area contributed by atoms with E-state index in [9.17, 15) is 4.79 Å². The Hall–Kier alpha value is -0.570. The van der Waals surface area contributed by atoms with E-state index in [0.717, 1.165) is 6.54 Å². The number of nitrogens with zero attached hydrogens (tertiary/aromatic N) is 1. The topological polar surface area (TPSA) is 40.5 Å². The molecule has 3 nitrogen and oxygen atoms in total. The van der Waals surface area contributed by atoms with Gasteiger partial charge in [0.05, 0.1) is 6.42 Å². The van der Waals surface area contributed by atoms with E-state index in [1.54, 1.807) is 0 Å².